The molecule has 9 nitrogen and oxygen atoms in total. The molecule has 0 bridgehead atoms. The number of hydrogen-bond acceptors (Lipinski definition) is 9. The second kappa shape index (κ2) is 7.39. The van der Waals surface area contributed by atoms with Crippen LogP contribution in [0.25, 0.3) is 11.3 Å². The van der Waals surface area contributed by atoms with Gasteiger partial charge in [-0.15, -0.1) is 13.2 Å². The number of halogens is 3. The Morgan fingerprint density at radius 3 is 2.31 bits per heavy atom. The lowest BCUT2D eigenvalue weighted by molar-refractivity contribution is -0.274. The van der Waals surface area contributed by atoms with Crippen LogP contribution in [0.2, 0.25) is 0 Å². The molecule has 0 spiro atoms. The number of rotatable bonds is 7. The van der Waals surface area contributed by atoms with Gasteiger partial charge in [0.25, 0.3) is 0 Å². The van der Waals surface area contributed by atoms with Crippen molar-refractivity contribution in [2.45, 2.75) is 12.8 Å². The van der Waals surface area contributed by atoms with E-state index in [9.17, 15) is 13.2 Å². The Kier molecular flexibility index (Phi) is 5.02. The van der Waals surface area contributed by atoms with Gasteiger partial charge in [0.15, 0.2) is 11.6 Å². The zero-order chi connectivity index (χ0) is 18.6. The van der Waals surface area contributed by atoms with Gasteiger partial charge in [-0.2, -0.15) is 0 Å². The van der Waals surface area contributed by atoms with E-state index in [2.05, 4.69) is 40.3 Å². The summed E-state index contributed by atoms with van der Waals surface area (Å²) in [6, 6.07) is 5.12. The van der Waals surface area contributed by atoms with E-state index in [-0.39, 0.29) is 29.5 Å². The van der Waals surface area contributed by atoms with E-state index in [1.165, 1.54) is 12.1 Å². The molecule has 0 amide bonds. The average molecular weight is 370 g/mol. The maximum atomic E-state index is 12.2. The number of aliphatic hydroxyl groups excluding tert-OH is 1. The largest absolute Gasteiger partial charge is 0.573 e. The Hall–Kier alpha value is -3.15. The first-order chi connectivity index (χ1) is 12.4. The molecule has 0 saturated carbocycles. The minimum absolute atomic E-state index is 0.00236. The van der Waals surface area contributed by atoms with Crippen molar-refractivity contribution in [3.05, 3.63) is 24.3 Å². The normalized spacial score (nSPS) is 11.5. The highest BCUT2D eigenvalue weighted by Crippen LogP contribution is 2.27. The molecule has 138 valence electrons. The number of nitrogens with zero attached hydrogens (tertiary/aromatic N) is 4. The molecular weight excluding hydrogens is 357 g/mol. The molecule has 2 heterocycles. The lowest BCUT2D eigenvalue weighted by Gasteiger charge is -2.12. The summed E-state index contributed by atoms with van der Waals surface area (Å²) in [5, 5.41) is 22.0. The Labute approximate surface area is 144 Å². The van der Waals surface area contributed by atoms with Gasteiger partial charge in [-0.1, -0.05) is 0 Å². The van der Waals surface area contributed by atoms with Crippen LogP contribution in [0, 0.1) is 0 Å². The predicted molar refractivity (Wildman–Crippen MR) is 84.0 cm³/mol. The molecule has 12 heteroatoms. The number of benzene rings is 1. The van der Waals surface area contributed by atoms with Crippen LogP contribution in [-0.2, 0) is 0 Å². The number of anilines is 3. The van der Waals surface area contributed by atoms with E-state index >= 15 is 0 Å². The van der Waals surface area contributed by atoms with Gasteiger partial charge < -0.3 is 20.5 Å². The average Bonchev–Trinajstić information content (AvgIpc) is 3.03. The molecule has 2 aromatic heterocycles. The summed E-state index contributed by atoms with van der Waals surface area (Å²) in [5.41, 5.74) is 0.808. The number of hydrogen-bond donors (Lipinski definition) is 3. The summed E-state index contributed by atoms with van der Waals surface area (Å²) in [6.07, 6.45) is -4.27. The van der Waals surface area contributed by atoms with Crippen molar-refractivity contribution in [1.29, 1.82) is 0 Å². The number of alkyl halides is 3. The fraction of sp³-hybridized carbons (Fsp3) is 0.286. The van der Waals surface area contributed by atoms with Crippen LogP contribution in [0.1, 0.15) is 6.42 Å². The van der Waals surface area contributed by atoms with Gasteiger partial charge >= 0.3 is 6.36 Å². The van der Waals surface area contributed by atoms with Crippen molar-refractivity contribution < 1.29 is 27.6 Å². The van der Waals surface area contributed by atoms with Crippen molar-refractivity contribution in [3.63, 3.8) is 0 Å². The molecule has 0 atom stereocenters. The molecule has 0 aliphatic heterocycles. The first kappa shape index (κ1) is 17.7. The van der Waals surface area contributed by atoms with Crippen LogP contribution >= 0.6 is 0 Å². The summed E-state index contributed by atoms with van der Waals surface area (Å²) in [6.45, 7) is 0.423. The molecule has 3 N–H and O–H groups in total. The van der Waals surface area contributed by atoms with E-state index in [1.54, 1.807) is 0 Å². The van der Waals surface area contributed by atoms with Crippen LogP contribution in [0.15, 0.2) is 28.9 Å². The van der Waals surface area contributed by atoms with E-state index < -0.39 is 6.36 Å². The Balaban J connectivity index is 1.81. The van der Waals surface area contributed by atoms with Gasteiger partial charge in [-0.05, 0) is 41.0 Å². The topological polar surface area (TPSA) is 118 Å². The highest BCUT2D eigenvalue weighted by Gasteiger charge is 2.30. The van der Waals surface area contributed by atoms with Gasteiger partial charge in [0.1, 0.15) is 5.75 Å². The van der Waals surface area contributed by atoms with Gasteiger partial charge in [0, 0.05) is 18.8 Å². The third kappa shape index (κ3) is 4.47. The smallest absolute Gasteiger partial charge is 0.406 e. The molecule has 0 aliphatic rings. The summed E-state index contributed by atoms with van der Waals surface area (Å²) in [5.74, 6) is 0.263. The van der Waals surface area contributed by atoms with E-state index in [0.717, 1.165) is 12.1 Å². The number of aromatic nitrogens is 4. The lowest BCUT2D eigenvalue weighted by Crippen LogP contribution is -2.17. The summed E-state index contributed by atoms with van der Waals surface area (Å²) in [7, 11) is 0. The van der Waals surface area contributed by atoms with Crippen LogP contribution in [-0.4, -0.2) is 44.9 Å². The van der Waals surface area contributed by atoms with Crippen molar-refractivity contribution in [1.82, 2.24) is 20.3 Å². The fourth-order valence-corrected chi connectivity index (χ4v) is 2.01. The van der Waals surface area contributed by atoms with Crippen molar-refractivity contribution in [2.75, 3.05) is 23.8 Å². The first-order valence-electron chi connectivity index (χ1n) is 7.42. The summed E-state index contributed by atoms with van der Waals surface area (Å²) in [4.78, 5) is 8.42. The van der Waals surface area contributed by atoms with Gasteiger partial charge in [-0.25, -0.2) is 14.6 Å². The van der Waals surface area contributed by atoms with Crippen molar-refractivity contribution in [3.8, 4) is 5.75 Å². The van der Waals surface area contributed by atoms with Crippen LogP contribution in [0.3, 0.4) is 0 Å². The second-order valence-corrected chi connectivity index (χ2v) is 5.03. The predicted octanol–water partition coefficient (Wildman–Crippen LogP) is 2.45. The molecule has 0 aliphatic carbocycles. The second-order valence-electron chi connectivity index (χ2n) is 5.03. The minimum Gasteiger partial charge on any atom is -0.406 e. The molecule has 0 fully saturated rings. The maximum absolute atomic E-state index is 12.2. The third-order valence-corrected chi connectivity index (χ3v) is 3.09. The van der Waals surface area contributed by atoms with Crippen molar-refractivity contribution >= 4 is 28.6 Å². The zero-order valence-corrected chi connectivity index (χ0v) is 13.1. The van der Waals surface area contributed by atoms with Gasteiger partial charge in [-0.3, -0.25) is 0 Å². The molecule has 26 heavy (non-hydrogen) atoms. The standard InChI is InChI=1S/C14H13F3N6O3/c15-14(16,17)25-9-4-2-8(3-5-9)19-11-10(18-6-1-7-24)20-12-13(21-11)23-26-22-12/h2-5,24H,1,6-7H2,(H,18,20,22)(H,19,21,23). The molecular formula is C14H13F3N6O3. The van der Waals surface area contributed by atoms with Crippen molar-refractivity contribution in [2.24, 2.45) is 0 Å². The van der Waals surface area contributed by atoms with Gasteiger partial charge in [0.05, 0.1) is 0 Å². The Morgan fingerprint density at radius 1 is 1.04 bits per heavy atom. The van der Waals surface area contributed by atoms with E-state index in [4.69, 9.17) is 5.11 Å². The highest BCUT2D eigenvalue weighted by molar-refractivity contribution is 5.76. The molecule has 3 aromatic rings. The number of nitrogens with one attached hydrogen (secondary N) is 2. The van der Waals surface area contributed by atoms with Crippen LogP contribution < -0.4 is 15.4 Å². The maximum Gasteiger partial charge on any atom is 0.573 e. The lowest BCUT2D eigenvalue weighted by atomic mass is 10.3. The Morgan fingerprint density at radius 2 is 1.69 bits per heavy atom. The Bertz CT molecular complexity index is 868. The minimum atomic E-state index is -4.75. The molecule has 0 radical (unpaired) electrons. The first-order valence-corrected chi connectivity index (χ1v) is 7.42. The molecule has 3 rings (SSSR count). The van der Waals surface area contributed by atoms with Crippen LogP contribution in [0.5, 0.6) is 5.75 Å². The summed E-state index contributed by atoms with van der Waals surface area (Å²) < 4.78 is 45.0. The fourth-order valence-electron chi connectivity index (χ4n) is 2.01. The molecule has 1 aromatic carbocycles. The number of fused-ring (bicyclic) bond motifs is 1. The molecule has 0 unspecified atom stereocenters. The SMILES string of the molecule is OCCCNc1nc2nonc2nc1Nc1ccc(OC(F)(F)F)cc1. The van der Waals surface area contributed by atoms with E-state index in [0.29, 0.717) is 24.5 Å². The zero-order valence-electron chi connectivity index (χ0n) is 13.1. The number of aliphatic hydroxyl groups is 1. The van der Waals surface area contributed by atoms with E-state index in [1.807, 2.05) is 0 Å². The number of ether oxygens (including phenoxy) is 1. The summed E-state index contributed by atoms with van der Waals surface area (Å²) >= 11 is 0. The van der Waals surface area contributed by atoms with Gasteiger partial charge in [0.2, 0.25) is 11.3 Å². The molecule has 0 saturated heterocycles. The quantitative estimate of drug-likeness (QED) is 0.539. The van der Waals surface area contributed by atoms with Crippen LogP contribution in [0.4, 0.5) is 30.5 Å². The highest BCUT2D eigenvalue weighted by atomic mass is 19.4. The third-order valence-electron chi connectivity index (χ3n) is 3.09. The monoisotopic (exact) mass is 370 g/mol.